The standard InChI is InChI=1S/C31H43N5O7/c1-29(2,3)41-25(37)20-40-22-13-11-12-21(18-22)23-19-32-36-15-14-24(33-26(23)36)35(28(39)43-31(7,8)9)17-16-34(10)27(38)42-30(4,5)6/h11-15,18-19H,16-17,20H2,1-10H3. The van der Waals surface area contributed by atoms with Crippen molar-refractivity contribution in [2.24, 2.45) is 0 Å². The van der Waals surface area contributed by atoms with Gasteiger partial charge in [0.1, 0.15) is 28.4 Å². The SMILES string of the molecule is CN(CCN(C(=O)OC(C)(C)C)c1ccn2ncc(-c3cccc(OCC(=O)OC(C)(C)C)c3)c2n1)C(=O)OC(C)(C)C. The molecule has 0 unspecified atom stereocenters. The van der Waals surface area contributed by atoms with E-state index in [1.807, 2.05) is 6.07 Å². The number of carbonyl (C=O) groups excluding carboxylic acids is 3. The summed E-state index contributed by atoms with van der Waals surface area (Å²) in [5.41, 5.74) is -0.108. The third kappa shape index (κ3) is 10.2. The molecule has 234 valence electrons. The lowest BCUT2D eigenvalue weighted by Gasteiger charge is -2.29. The van der Waals surface area contributed by atoms with E-state index >= 15 is 0 Å². The van der Waals surface area contributed by atoms with Crippen molar-refractivity contribution >= 4 is 29.6 Å². The van der Waals surface area contributed by atoms with E-state index in [1.54, 1.807) is 111 Å². The first-order valence-electron chi connectivity index (χ1n) is 14.1. The number of anilines is 1. The number of fused-ring (bicyclic) bond motifs is 1. The van der Waals surface area contributed by atoms with Crippen LogP contribution in [0.2, 0.25) is 0 Å². The molecule has 12 nitrogen and oxygen atoms in total. The summed E-state index contributed by atoms with van der Waals surface area (Å²) in [7, 11) is 1.60. The van der Waals surface area contributed by atoms with Crippen LogP contribution >= 0.6 is 0 Å². The minimum atomic E-state index is -0.752. The van der Waals surface area contributed by atoms with E-state index in [0.29, 0.717) is 22.8 Å². The van der Waals surface area contributed by atoms with Gasteiger partial charge in [0.25, 0.3) is 0 Å². The van der Waals surface area contributed by atoms with E-state index in [4.69, 9.17) is 23.9 Å². The van der Waals surface area contributed by atoms with Crippen molar-refractivity contribution in [1.29, 1.82) is 0 Å². The van der Waals surface area contributed by atoms with Gasteiger partial charge in [-0.2, -0.15) is 5.10 Å². The van der Waals surface area contributed by atoms with Crippen LogP contribution in [-0.4, -0.2) is 81.2 Å². The van der Waals surface area contributed by atoms with Gasteiger partial charge in [-0.15, -0.1) is 0 Å². The van der Waals surface area contributed by atoms with E-state index < -0.39 is 35.0 Å². The predicted molar refractivity (Wildman–Crippen MR) is 162 cm³/mol. The Morgan fingerprint density at radius 1 is 0.837 bits per heavy atom. The van der Waals surface area contributed by atoms with E-state index in [-0.39, 0.29) is 19.7 Å². The average molecular weight is 598 g/mol. The lowest BCUT2D eigenvalue weighted by molar-refractivity contribution is -0.157. The first-order valence-corrected chi connectivity index (χ1v) is 14.1. The fourth-order valence-corrected chi connectivity index (χ4v) is 3.78. The summed E-state index contributed by atoms with van der Waals surface area (Å²) in [5.74, 6) is 0.317. The zero-order valence-corrected chi connectivity index (χ0v) is 26.8. The molecule has 2 amide bonds. The van der Waals surface area contributed by atoms with Gasteiger partial charge in [0, 0.05) is 31.9 Å². The van der Waals surface area contributed by atoms with Crippen molar-refractivity contribution in [1.82, 2.24) is 19.5 Å². The highest BCUT2D eigenvalue weighted by Crippen LogP contribution is 2.28. The molecule has 3 rings (SSSR count). The van der Waals surface area contributed by atoms with Gasteiger partial charge in [0.2, 0.25) is 0 Å². The lowest BCUT2D eigenvalue weighted by atomic mass is 10.1. The lowest BCUT2D eigenvalue weighted by Crippen LogP contribution is -2.43. The molecule has 0 saturated carbocycles. The Morgan fingerprint density at radius 3 is 2.09 bits per heavy atom. The monoisotopic (exact) mass is 597 g/mol. The molecule has 0 spiro atoms. The quantitative estimate of drug-likeness (QED) is 0.237. The van der Waals surface area contributed by atoms with Crippen molar-refractivity contribution in [3.63, 3.8) is 0 Å². The molecule has 0 saturated heterocycles. The van der Waals surface area contributed by atoms with Gasteiger partial charge in [-0.05, 0) is 86.1 Å². The van der Waals surface area contributed by atoms with Crippen LogP contribution in [0.1, 0.15) is 62.3 Å². The number of hydrogen-bond acceptors (Lipinski definition) is 9. The van der Waals surface area contributed by atoms with E-state index in [0.717, 1.165) is 5.56 Å². The molecule has 2 aromatic heterocycles. The summed E-state index contributed by atoms with van der Waals surface area (Å²) in [6, 6.07) is 8.84. The highest BCUT2D eigenvalue weighted by Gasteiger charge is 2.27. The van der Waals surface area contributed by atoms with Gasteiger partial charge in [-0.3, -0.25) is 4.90 Å². The van der Waals surface area contributed by atoms with Gasteiger partial charge in [-0.1, -0.05) is 12.1 Å². The van der Waals surface area contributed by atoms with Crippen LogP contribution in [0.25, 0.3) is 16.8 Å². The molecule has 12 heteroatoms. The molecular weight excluding hydrogens is 554 g/mol. The molecule has 0 aliphatic rings. The topological polar surface area (TPSA) is 125 Å². The Kier molecular flexibility index (Phi) is 9.93. The van der Waals surface area contributed by atoms with E-state index in [2.05, 4.69) is 5.10 Å². The normalized spacial score (nSPS) is 12.0. The van der Waals surface area contributed by atoms with Crippen molar-refractivity contribution in [2.75, 3.05) is 31.6 Å². The summed E-state index contributed by atoms with van der Waals surface area (Å²) in [5, 5.41) is 4.41. The van der Waals surface area contributed by atoms with E-state index in [9.17, 15) is 14.4 Å². The maximum atomic E-state index is 13.3. The predicted octanol–water partition coefficient (Wildman–Crippen LogP) is 5.73. The number of carbonyl (C=O) groups is 3. The number of esters is 1. The third-order valence-electron chi connectivity index (χ3n) is 5.53. The molecular formula is C31H43N5O7. The zero-order chi connectivity index (χ0) is 32.2. The Labute approximate surface area is 252 Å². The highest BCUT2D eigenvalue weighted by molar-refractivity contribution is 5.88. The average Bonchev–Trinajstić information content (AvgIpc) is 3.28. The minimum absolute atomic E-state index is 0.102. The van der Waals surface area contributed by atoms with Crippen molar-refractivity contribution in [2.45, 2.75) is 79.1 Å². The minimum Gasteiger partial charge on any atom is -0.482 e. The number of ether oxygens (including phenoxy) is 4. The molecule has 0 aliphatic carbocycles. The van der Waals surface area contributed by atoms with Gasteiger partial charge < -0.3 is 23.8 Å². The van der Waals surface area contributed by atoms with Gasteiger partial charge in [0.15, 0.2) is 12.3 Å². The van der Waals surface area contributed by atoms with Crippen LogP contribution < -0.4 is 9.64 Å². The molecule has 0 radical (unpaired) electrons. The summed E-state index contributed by atoms with van der Waals surface area (Å²) in [6.07, 6.45) is 2.24. The summed E-state index contributed by atoms with van der Waals surface area (Å²) in [6.45, 7) is 16.1. The van der Waals surface area contributed by atoms with Crippen LogP contribution in [-0.2, 0) is 19.0 Å². The Bertz CT molecular complexity index is 1450. The maximum absolute atomic E-state index is 13.3. The number of hydrogen-bond donors (Lipinski definition) is 0. The molecule has 0 aliphatic heterocycles. The van der Waals surface area contributed by atoms with Gasteiger partial charge in [0.05, 0.1) is 6.20 Å². The second-order valence-electron chi connectivity index (χ2n) is 13.0. The van der Waals surface area contributed by atoms with E-state index in [1.165, 1.54) is 9.80 Å². The van der Waals surface area contributed by atoms with Crippen LogP contribution in [0.3, 0.4) is 0 Å². The Balaban J connectivity index is 1.89. The van der Waals surface area contributed by atoms with Gasteiger partial charge in [-0.25, -0.2) is 23.9 Å². The van der Waals surface area contributed by atoms with Crippen LogP contribution in [0.15, 0.2) is 42.7 Å². The second-order valence-corrected chi connectivity index (χ2v) is 13.0. The fraction of sp³-hybridized carbons (Fsp3) is 0.516. The molecule has 1 aromatic carbocycles. The largest absolute Gasteiger partial charge is 0.482 e. The van der Waals surface area contributed by atoms with Crippen molar-refractivity contribution in [3.05, 3.63) is 42.7 Å². The van der Waals surface area contributed by atoms with Crippen LogP contribution in [0, 0.1) is 0 Å². The van der Waals surface area contributed by atoms with Crippen LogP contribution in [0.4, 0.5) is 15.4 Å². The summed E-state index contributed by atoms with van der Waals surface area (Å²) in [4.78, 5) is 45.5. The summed E-state index contributed by atoms with van der Waals surface area (Å²) < 4.78 is 23.7. The fourth-order valence-electron chi connectivity index (χ4n) is 3.78. The molecule has 0 atom stereocenters. The van der Waals surface area contributed by atoms with Gasteiger partial charge >= 0.3 is 18.2 Å². The van der Waals surface area contributed by atoms with Crippen molar-refractivity contribution < 1.29 is 33.3 Å². The number of benzene rings is 1. The third-order valence-corrected chi connectivity index (χ3v) is 5.53. The number of rotatable bonds is 8. The second kappa shape index (κ2) is 12.9. The Morgan fingerprint density at radius 2 is 1.47 bits per heavy atom. The number of aromatic nitrogens is 3. The molecule has 43 heavy (non-hydrogen) atoms. The first-order chi connectivity index (χ1) is 19.8. The first kappa shape index (κ1) is 33.2. The van der Waals surface area contributed by atoms with Crippen LogP contribution in [0.5, 0.6) is 5.75 Å². The van der Waals surface area contributed by atoms with Crippen molar-refractivity contribution in [3.8, 4) is 16.9 Å². The number of likely N-dealkylation sites (N-methyl/N-ethyl adjacent to an activating group) is 1. The summed E-state index contributed by atoms with van der Waals surface area (Å²) >= 11 is 0. The zero-order valence-electron chi connectivity index (χ0n) is 26.8. The molecule has 2 heterocycles. The molecule has 0 bridgehead atoms. The Hall–Kier alpha value is -4.35. The number of amides is 2. The molecule has 0 fully saturated rings. The molecule has 3 aromatic rings. The smallest absolute Gasteiger partial charge is 0.416 e. The maximum Gasteiger partial charge on any atom is 0.416 e. The highest BCUT2D eigenvalue weighted by atomic mass is 16.6. The molecule has 0 N–H and O–H groups in total. The number of nitrogens with zero attached hydrogens (tertiary/aromatic N) is 5.